The molecule has 1 rings (SSSR count). The first-order valence-electron chi connectivity index (χ1n) is 7.40. The summed E-state index contributed by atoms with van der Waals surface area (Å²) in [7, 11) is 2.04. The number of carbonyl (C=O) groups excluding carboxylic acids is 1. The summed E-state index contributed by atoms with van der Waals surface area (Å²) in [5.41, 5.74) is 1.14. The Bertz CT molecular complexity index is 585. The van der Waals surface area contributed by atoms with Crippen molar-refractivity contribution in [1.29, 1.82) is 0 Å². The molecule has 0 radical (unpaired) electrons. The summed E-state index contributed by atoms with van der Waals surface area (Å²) in [6.07, 6.45) is 3.95. The summed E-state index contributed by atoms with van der Waals surface area (Å²) in [5.74, 6) is 6.52. The highest BCUT2D eigenvalue weighted by molar-refractivity contribution is 5.69. The van der Waals surface area contributed by atoms with E-state index in [9.17, 15) is 4.79 Å². The SMILES string of the molecule is CC(=O)Oc1cccc(CN(C)C/C=C/C#CC(C)(C)C)c1. The molecule has 0 atom stereocenters. The van der Waals surface area contributed by atoms with Crippen molar-refractivity contribution in [1.82, 2.24) is 4.90 Å². The summed E-state index contributed by atoms with van der Waals surface area (Å²) in [6, 6.07) is 7.59. The first-order valence-corrected chi connectivity index (χ1v) is 7.40. The van der Waals surface area contributed by atoms with Crippen molar-refractivity contribution >= 4 is 5.97 Å². The zero-order valence-electron chi connectivity index (χ0n) is 14.1. The third-order valence-corrected chi connectivity index (χ3v) is 2.68. The molecular formula is C19H25NO2. The molecule has 118 valence electrons. The van der Waals surface area contributed by atoms with Crippen molar-refractivity contribution in [2.24, 2.45) is 5.41 Å². The third-order valence-electron chi connectivity index (χ3n) is 2.68. The van der Waals surface area contributed by atoms with Gasteiger partial charge in [-0.25, -0.2) is 0 Å². The van der Waals surface area contributed by atoms with E-state index in [1.54, 1.807) is 6.07 Å². The number of likely N-dealkylation sites (N-methyl/N-ethyl adjacent to an activating group) is 1. The second-order valence-corrected chi connectivity index (χ2v) is 6.36. The van der Waals surface area contributed by atoms with Gasteiger partial charge in [0.1, 0.15) is 5.75 Å². The lowest BCUT2D eigenvalue weighted by atomic mass is 9.98. The predicted octanol–water partition coefficient (Wildman–Crippen LogP) is 3.65. The maximum absolute atomic E-state index is 11.0. The quantitative estimate of drug-likeness (QED) is 0.472. The fraction of sp³-hybridized carbons (Fsp3) is 0.421. The average molecular weight is 299 g/mol. The van der Waals surface area contributed by atoms with Gasteiger partial charge in [0.05, 0.1) is 0 Å². The van der Waals surface area contributed by atoms with Crippen LogP contribution < -0.4 is 4.74 Å². The van der Waals surface area contributed by atoms with Crippen molar-refractivity contribution in [3.8, 4) is 17.6 Å². The molecule has 0 unspecified atom stereocenters. The lowest BCUT2D eigenvalue weighted by Gasteiger charge is -2.14. The second-order valence-electron chi connectivity index (χ2n) is 6.36. The van der Waals surface area contributed by atoms with Gasteiger partial charge in [0, 0.05) is 25.4 Å². The maximum Gasteiger partial charge on any atom is 0.308 e. The Labute approximate surface area is 134 Å². The van der Waals surface area contributed by atoms with Gasteiger partial charge in [0.25, 0.3) is 0 Å². The van der Waals surface area contributed by atoms with E-state index in [2.05, 4.69) is 43.6 Å². The van der Waals surface area contributed by atoms with Crippen LogP contribution in [0.3, 0.4) is 0 Å². The number of esters is 1. The number of hydrogen-bond donors (Lipinski definition) is 0. The molecule has 0 fully saturated rings. The van der Waals surface area contributed by atoms with Gasteiger partial charge in [-0.05, 0) is 51.6 Å². The first-order chi connectivity index (χ1) is 10.3. The van der Waals surface area contributed by atoms with Gasteiger partial charge >= 0.3 is 5.97 Å². The predicted molar refractivity (Wildman–Crippen MR) is 90.5 cm³/mol. The largest absolute Gasteiger partial charge is 0.427 e. The number of ether oxygens (including phenoxy) is 1. The van der Waals surface area contributed by atoms with E-state index in [4.69, 9.17) is 4.74 Å². The highest BCUT2D eigenvalue weighted by Gasteiger charge is 2.03. The Balaban J connectivity index is 2.51. The van der Waals surface area contributed by atoms with E-state index in [1.807, 2.05) is 31.3 Å². The van der Waals surface area contributed by atoms with Gasteiger partial charge in [-0.1, -0.05) is 30.0 Å². The van der Waals surface area contributed by atoms with E-state index < -0.39 is 0 Å². The number of allylic oxidation sites excluding steroid dienone is 1. The molecule has 0 aliphatic heterocycles. The molecule has 0 saturated heterocycles. The monoisotopic (exact) mass is 299 g/mol. The van der Waals surface area contributed by atoms with Crippen LogP contribution in [0.4, 0.5) is 0 Å². The Morgan fingerprint density at radius 1 is 1.36 bits per heavy atom. The smallest absolute Gasteiger partial charge is 0.308 e. The minimum atomic E-state index is -0.300. The van der Waals surface area contributed by atoms with Gasteiger partial charge < -0.3 is 4.74 Å². The van der Waals surface area contributed by atoms with Crippen molar-refractivity contribution in [3.05, 3.63) is 42.0 Å². The molecule has 0 heterocycles. The second kappa shape index (κ2) is 8.41. The topological polar surface area (TPSA) is 29.5 Å². The average Bonchev–Trinajstić information content (AvgIpc) is 2.36. The normalized spacial score (nSPS) is 11.4. The minimum absolute atomic E-state index is 0.0351. The number of benzene rings is 1. The van der Waals surface area contributed by atoms with Gasteiger partial charge in [0.15, 0.2) is 0 Å². The highest BCUT2D eigenvalue weighted by atomic mass is 16.5. The fourth-order valence-electron chi connectivity index (χ4n) is 1.80. The van der Waals surface area contributed by atoms with Crippen LogP contribution in [-0.4, -0.2) is 24.5 Å². The number of rotatable bonds is 5. The van der Waals surface area contributed by atoms with Crippen LogP contribution in [0.15, 0.2) is 36.4 Å². The standard InChI is InChI=1S/C19H25NO2/c1-16(21)22-18-11-9-10-17(14-18)15-20(5)13-8-6-7-12-19(2,3)4/h6,8-11,14H,13,15H2,1-5H3/b8-6+. The molecule has 1 aromatic carbocycles. The van der Waals surface area contributed by atoms with E-state index in [1.165, 1.54) is 6.92 Å². The minimum Gasteiger partial charge on any atom is -0.427 e. The molecule has 0 aromatic heterocycles. The molecule has 0 bridgehead atoms. The molecule has 3 heteroatoms. The number of nitrogens with zero attached hydrogens (tertiary/aromatic N) is 1. The number of hydrogen-bond acceptors (Lipinski definition) is 3. The Morgan fingerprint density at radius 2 is 2.09 bits per heavy atom. The van der Waals surface area contributed by atoms with Crippen LogP contribution in [0, 0.1) is 17.3 Å². The van der Waals surface area contributed by atoms with Crippen molar-refractivity contribution in [2.75, 3.05) is 13.6 Å². The summed E-state index contributed by atoms with van der Waals surface area (Å²) >= 11 is 0. The molecule has 0 aliphatic rings. The fourth-order valence-corrected chi connectivity index (χ4v) is 1.80. The molecule has 3 nitrogen and oxygen atoms in total. The molecule has 1 aromatic rings. The van der Waals surface area contributed by atoms with E-state index in [-0.39, 0.29) is 11.4 Å². The van der Waals surface area contributed by atoms with Crippen LogP contribution in [0.2, 0.25) is 0 Å². The molecule has 0 amide bonds. The van der Waals surface area contributed by atoms with Crippen molar-refractivity contribution in [3.63, 3.8) is 0 Å². The van der Waals surface area contributed by atoms with Crippen molar-refractivity contribution < 1.29 is 9.53 Å². The molecule has 22 heavy (non-hydrogen) atoms. The van der Waals surface area contributed by atoms with Crippen LogP contribution in [0.5, 0.6) is 5.75 Å². The number of carbonyl (C=O) groups is 1. The molecule has 0 aliphatic carbocycles. The van der Waals surface area contributed by atoms with Gasteiger partial charge in [0.2, 0.25) is 0 Å². The van der Waals surface area contributed by atoms with Crippen molar-refractivity contribution in [2.45, 2.75) is 34.2 Å². The Kier molecular flexibility index (Phi) is 6.88. The summed E-state index contributed by atoms with van der Waals surface area (Å²) in [4.78, 5) is 13.1. The zero-order chi connectivity index (χ0) is 16.6. The lowest BCUT2D eigenvalue weighted by Crippen LogP contribution is -2.17. The Morgan fingerprint density at radius 3 is 2.73 bits per heavy atom. The van der Waals surface area contributed by atoms with Gasteiger partial charge in [-0.2, -0.15) is 0 Å². The Hall–Kier alpha value is -2.05. The van der Waals surface area contributed by atoms with E-state index >= 15 is 0 Å². The highest BCUT2D eigenvalue weighted by Crippen LogP contribution is 2.14. The molecular weight excluding hydrogens is 274 g/mol. The van der Waals surface area contributed by atoms with E-state index in [0.717, 1.165) is 18.7 Å². The van der Waals surface area contributed by atoms with Gasteiger partial charge in [-0.3, -0.25) is 9.69 Å². The van der Waals surface area contributed by atoms with Crippen LogP contribution >= 0.6 is 0 Å². The maximum atomic E-state index is 11.0. The summed E-state index contributed by atoms with van der Waals surface area (Å²) < 4.78 is 5.09. The molecule has 0 spiro atoms. The zero-order valence-corrected chi connectivity index (χ0v) is 14.1. The van der Waals surface area contributed by atoms with Crippen LogP contribution in [0.25, 0.3) is 0 Å². The van der Waals surface area contributed by atoms with Crippen LogP contribution in [0.1, 0.15) is 33.3 Å². The lowest BCUT2D eigenvalue weighted by molar-refractivity contribution is -0.131. The third kappa shape index (κ3) is 8.28. The van der Waals surface area contributed by atoms with Crippen LogP contribution in [-0.2, 0) is 11.3 Å². The summed E-state index contributed by atoms with van der Waals surface area (Å²) in [5, 5.41) is 0. The van der Waals surface area contributed by atoms with E-state index in [0.29, 0.717) is 5.75 Å². The molecule has 0 saturated carbocycles. The first kappa shape index (κ1) is 18.0. The summed E-state index contributed by atoms with van der Waals surface area (Å²) in [6.45, 7) is 9.28. The van der Waals surface area contributed by atoms with Gasteiger partial charge in [-0.15, -0.1) is 0 Å². The molecule has 0 N–H and O–H groups in total.